The van der Waals surface area contributed by atoms with E-state index in [1.54, 1.807) is 6.26 Å². The van der Waals surface area contributed by atoms with Gasteiger partial charge in [0.1, 0.15) is 5.58 Å². The minimum Gasteiger partial charge on any atom is -0.464 e. The van der Waals surface area contributed by atoms with Gasteiger partial charge in [-0.05, 0) is 41.5 Å². The highest BCUT2D eigenvalue weighted by atomic mass is 16.5. The maximum Gasteiger partial charge on any atom is 0.310 e. The number of ether oxygens (including phenoxy) is 1. The highest BCUT2D eigenvalue weighted by molar-refractivity contribution is 5.95. The average Bonchev–Trinajstić information content (AvgIpc) is 3.07. The fraction of sp³-hybridized carbons (Fsp3) is 0.360. The third kappa shape index (κ3) is 4.90. The summed E-state index contributed by atoms with van der Waals surface area (Å²) < 4.78 is 10.7. The van der Waals surface area contributed by atoms with E-state index in [4.69, 9.17) is 9.15 Å². The Morgan fingerprint density at radius 1 is 1.03 bits per heavy atom. The number of esters is 1. The highest BCUT2D eigenvalue weighted by Gasteiger charge is 2.17. The van der Waals surface area contributed by atoms with Gasteiger partial charge in [-0.25, -0.2) is 0 Å². The first kappa shape index (κ1) is 21.6. The molecule has 2 aromatic carbocycles. The predicted molar refractivity (Wildman–Crippen MR) is 119 cm³/mol. The molecular formula is C25H29NO4. The van der Waals surface area contributed by atoms with Gasteiger partial charge in [0.05, 0.1) is 12.7 Å². The monoisotopic (exact) mass is 407 g/mol. The normalized spacial score (nSPS) is 11.3. The Morgan fingerprint density at radius 3 is 2.33 bits per heavy atom. The fourth-order valence-electron chi connectivity index (χ4n) is 3.55. The molecule has 0 saturated heterocycles. The van der Waals surface area contributed by atoms with Gasteiger partial charge in [-0.15, -0.1) is 0 Å². The van der Waals surface area contributed by atoms with Crippen molar-refractivity contribution in [1.82, 2.24) is 0 Å². The molecule has 0 saturated carbocycles. The first-order valence-electron chi connectivity index (χ1n) is 10.3. The van der Waals surface area contributed by atoms with Gasteiger partial charge in [-0.3, -0.25) is 9.59 Å². The van der Waals surface area contributed by atoms with Crippen LogP contribution in [0.3, 0.4) is 0 Å². The minimum absolute atomic E-state index is 0.0587. The Balaban J connectivity index is 1.64. The van der Waals surface area contributed by atoms with Crippen LogP contribution in [0.2, 0.25) is 0 Å². The maximum atomic E-state index is 12.5. The van der Waals surface area contributed by atoms with Crippen molar-refractivity contribution in [3.8, 4) is 0 Å². The number of benzene rings is 2. The third-order valence-electron chi connectivity index (χ3n) is 5.15. The number of fused-ring (bicyclic) bond motifs is 1. The fourth-order valence-corrected chi connectivity index (χ4v) is 3.55. The number of hydrogen-bond donors (Lipinski definition) is 1. The van der Waals surface area contributed by atoms with Gasteiger partial charge in [0, 0.05) is 16.6 Å². The molecule has 1 N–H and O–H groups in total. The molecule has 0 aliphatic rings. The molecule has 0 aliphatic heterocycles. The number of aryl methyl sites for hydroxylation is 1. The molecular weight excluding hydrogens is 378 g/mol. The molecule has 5 heteroatoms. The topological polar surface area (TPSA) is 68.5 Å². The predicted octanol–water partition coefficient (Wildman–Crippen LogP) is 5.71. The van der Waals surface area contributed by atoms with Gasteiger partial charge in [-0.2, -0.15) is 0 Å². The molecule has 158 valence electrons. The second kappa shape index (κ2) is 9.16. The van der Waals surface area contributed by atoms with Crippen molar-refractivity contribution in [3.05, 3.63) is 64.9 Å². The first-order chi connectivity index (χ1) is 14.3. The SMILES string of the molecule is Cc1ccc2c(CC(=O)OCC(=O)Nc3c(C(C)C)cccc3C(C)C)coc2c1. The zero-order valence-electron chi connectivity index (χ0n) is 18.2. The van der Waals surface area contributed by atoms with E-state index < -0.39 is 5.97 Å². The van der Waals surface area contributed by atoms with Crippen molar-refractivity contribution in [1.29, 1.82) is 0 Å². The van der Waals surface area contributed by atoms with E-state index in [0.717, 1.165) is 38.9 Å². The molecule has 1 heterocycles. The van der Waals surface area contributed by atoms with E-state index in [1.165, 1.54) is 0 Å². The van der Waals surface area contributed by atoms with E-state index in [1.807, 2.05) is 43.3 Å². The summed E-state index contributed by atoms with van der Waals surface area (Å²) in [5.74, 6) is -0.278. The second-order valence-electron chi connectivity index (χ2n) is 8.27. The molecule has 3 aromatic rings. The van der Waals surface area contributed by atoms with Crippen LogP contribution < -0.4 is 5.32 Å². The number of amides is 1. The van der Waals surface area contributed by atoms with E-state index in [9.17, 15) is 9.59 Å². The van der Waals surface area contributed by atoms with Crippen LogP contribution in [-0.2, 0) is 20.7 Å². The molecule has 3 rings (SSSR count). The van der Waals surface area contributed by atoms with E-state index in [0.29, 0.717) is 0 Å². The Kier molecular flexibility index (Phi) is 6.60. The summed E-state index contributed by atoms with van der Waals surface area (Å²) in [5.41, 5.74) is 5.54. The van der Waals surface area contributed by atoms with Crippen LogP contribution in [0, 0.1) is 6.92 Å². The van der Waals surface area contributed by atoms with Crippen LogP contribution in [0.1, 0.15) is 61.8 Å². The van der Waals surface area contributed by atoms with Crippen molar-refractivity contribution >= 4 is 28.5 Å². The molecule has 30 heavy (non-hydrogen) atoms. The van der Waals surface area contributed by atoms with E-state index >= 15 is 0 Å². The summed E-state index contributed by atoms with van der Waals surface area (Å²) in [6.07, 6.45) is 1.63. The van der Waals surface area contributed by atoms with Gasteiger partial charge in [-0.1, -0.05) is 58.0 Å². The molecule has 0 atom stereocenters. The standard InChI is InChI=1S/C25H29NO4/c1-15(2)19-7-6-8-20(16(3)4)25(19)26-23(27)14-30-24(28)12-18-13-29-22-11-17(5)9-10-21(18)22/h6-11,13,15-16H,12,14H2,1-5H3,(H,26,27). The minimum atomic E-state index is -0.463. The molecule has 0 spiro atoms. The quantitative estimate of drug-likeness (QED) is 0.509. The Labute approximate surface area is 177 Å². The lowest BCUT2D eigenvalue weighted by Gasteiger charge is -2.20. The Bertz CT molecular complexity index is 1040. The van der Waals surface area contributed by atoms with Crippen molar-refractivity contribution in [3.63, 3.8) is 0 Å². The number of para-hydroxylation sites is 1. The summed E-state index contributed by atoms with van der Waals surface area (Å²) in [6.45, 7) is 10.0. The summed E-state index contributed by atoms with van der Waals surface area (Å²) in [6, 6.07) is 11.9. The zero-order chi connectivity index (χ0) is 21.8. The number of carbonyl (C=O) groups excluding carboxylic acids is 2. The number of rotatable bonds is 7. The summed E-state index contributed by atoms with van der Waals surface area (Å²) in [4.78, 5) is 24.8. The largest absolute Gasteiger partial charge is 0.464 e. The number of carbonyl (C=O) groups is 2. The van der Waals surface area contributed by atoms with Gasteiger partial charge in [0.2, 0.25) is 0 Å². The van der Waals surface area contributed by atoms with Crippen LogP contribution in [0.15, 0.2) is 47.1 Å². The molecule has 0 unspecified atom stereocenters. The summed E-state index contributed by atoms with van der Waals surface area (Å²) in [7, 11) is 0. The molecule has 0 aliphatic carbocycles. The molecule has 1 amide bonds. The number of furan rings is 1. The molecule has 0 radical (unpaired) electrons. The summed E-state index contributed by atoms with van der Waals surface area (Å²) in [5, 5.41) is 3.84. The van der Waals surface area contributed by atoms with Crippen molar-refractivity contribution in [2.45, 2.75) is 52.9 Å². The average molecular weight is 408 g/mol. The number of anilines is 1. The molecule has 5 nitrogen and oxygen atoms in total. The van der Waals surface area contributed by atoms with Gasteiger partial charge in [0.25, 0.3) is 5.91 Å². The van der Waals surface area contributed by atoms with Crippen LogP contribution >= 0.6 is 0 Å². The molecule has 1 aromatic heterocycles. The zero-order valence-corrected chi connectivity index (χ0v) is 18.2. The lowest BCUT2D eigenvalue weighted by Crippen LogP contribution is -2.23. The van der Waals surface area contributed by atoms with Gasteiger partial charge in [0.15, 0.2) is 6.61 Å². The van der Waals surface area contributed by atoms with E-state index in [-0.39, 0.29) is 30.8 Å². The van der Waals surface area contributed by atoms with Gasteiger partial charge >= 0.3 is 5.97 Å². The van der Waals surface area contributed by atoms with Crippen LogP contribution in [-0.4, -0.2) is 18.5 Å². The lowest BCUT2D eigenvalue weighted by molar-refractivity contribution is -0.146. The van der Waals surface area contributed by atoms with Crippen molar-refractivity contribution in [2.75, 3.05) is 11.9 Å². The molecule has 0 fully saturated rings. The number of nitrogens with one attached hydrogen (secondary N) is 1. The van der Waals surface area contributed by atoms with Crippen LogP contribution in [0.5, 0.6) is 0 Å². The highest BCUT2D eigenvalue weighted by Crippen LogP contribution is 2.32. The second-order valence-corrected chi connectivity index (χ2v) is 8.27. The van der Waals surface area contributed by atoms with Crippen LogP contribution in [0.4, 0.5) is 5.69 Å². The number of hydrogen-bond acceptors (Lipinski definition) is 4. The Hall–Kier alpha value is -3.08. The van der Waals surface area contributed by atoms with Crippen molar-refractivity contribution < 1.29 is 18.7 Å². The summed E-state index contributed by atoms with van der Waals surface area (Å²) >= 11 is 0. The van der Waals surface area contributed by atoms with Gasteiger partial charge < -0.3 is 14.5 Å². The Morgan fingerprint density at radius 2 is 1.70 bits per heavy atom. The molecule has 0 bridgehead atoms. The third-order valence-corrected chi connectivity index (χ3v) is 5.15. The lowest BCUT2D eigenvalue weighted by atomic mass is 9.92. The van der Waals surface area contributed by atoms with E-state index in [2.05, 4.69) is 33.0 Å². The smallest absolute Gasteiger partial charge is 0.310 e. The van der Waals surface area contributed by atoms with Crippen molar-refractivity contribution in [2.24, 2.45) is 0 Å². The van der Waals surface area contributed by atoms with Crippen LogP contribution in [0.25, 0.3) is 11.0 Å². The first-order valence-corrected chi connectivity index (χ1v) is 10.3. The maximum absolute atomic E-state index is 12.5.